The van der Waals surface area contributed by atoms with Crippen LogP contribution in [0.3, 0.4) is 0 Å². The molecule has 0 bridgehead atoms. The summed E-state index contributed by atoms with van der Waals surface area (Å²) in [7, 11) is 1.68. The van der Waals surface area contributed by atoms with E-state index in [-0.39, 0.29) is 30.0 Å². The summed E-state index contributed by atoms with van der Waals surface area (Å²) in [5.74, 6) is 4.01. The molecule has 0 spiro atoms. The zero-order valence-electron chi connectivity index (χ0n) is 17.4. The monoisotopic (exact) mass is 576 g/mol. The average molecular weight is 577 g/mol. The Kier molecular flexibility index (Phi) is 9.19. The summed E-state index contributed by atoms with van der Waals surface area (Å²) in [5.41, 5.74) is 1.04. The summed E-state index contributed by atoms with van der Waals surface area (Å²) in [6.07, 6.45) is 1.94. The molecule has 29 heavy (non-hydrogen) atoms. The third kappa shape index (κ3) is 6.31. The van der Waals surface area contributed by atoms with Crippen molar-refractivity contribution in [2.24, 2.45) is 4.99 Å². The van der Waals surface area contributed by atoms with Gasteiger partial charge >= 0.3 is 0 Å². The molecule has 2 aromatic rings. The van der Waals surface area contributed by atoms with Gasteiger partial charge in [0.25, 0.3) is 0 Å². The average Bonchev–Trinajstić information content (AvgIpc) is 3.10. The van der Waals surface area contributed by atoms with E-state index < -0.39 is 0 Å². The Morgan fingerprint density at radius 3 is 2.90 bits per heavy atom. The zero-order chi connectivity index (χ0) is 20.1. The van der Waals surface area contributed by atoms with E-state index in [9.17, 15) is 0 Å². The maximum Gasteiger partial charge on any atom is 0.191 e. The van der Waals surface area contributed by atoms with Crippen LogP contribution in [0.25, 0.3) is 0 Å². The van der Waals surface area contributed by atoms with E-state index in [1.54, 1.807) is 7.11 Å². The molecule has 1 atom stereocenters. The van der Waals surface area contributed by atoms with E-state index >= 15 is 0 Å². The van der Waals surface area contributed by atoms with Gasteiger partial charge in [0, 0.05) is 35.0 Å². The Morgan fingerprint density at radius 1 is 1.41 bits per heavy atom. The van der Waals surface area contributed by atoms with Crippen LogP contribution in [0, 0.1) is 0 Å². The van der Waals surface area contributed by atoms with Crippen molar-refractivity contribution in [3.8, 4) is 5.75 Å². The molecule has 1 aliphatic heterocycles. The summed E-state index contributed by atoms with van der Waals surface area (Å²) in [6, 6.07) is 6.24. The first-order valence-corrected chi connectivity index (χ1v) is 10.6. The van der Waals surface area contributed by atoms with Crippen LogP contribution in [0.15, 0.2) is 27.7 Å². The first-order chi connectivity index (χ1) is 13.5. The summed E-state index contributed by atoms with van der Waals surface area (Å²) in [5, 5.41) is 11.6. The van der Waals surface area contributed by atoms with Gasteiger partial charge in [-0.2, -0.15) is 5.10 Å². The van der Waals surface area contributed by atoms with Gasteiger partial charge in [0.2, 0.25) is 0 Å². The summed E-state index contributed by atoms with van der Waals surface area (Å²) >= 11 is 3.52. The Labute approximate surface area is 198 Å². The van der Waals surface area contributed by atoms with E-state index in [4.69, 9.17) is 9.73 Å². The normalized spacial score (nSPS) is 16.2. The van der Waals surface area contributed by atoms with Crippen molar-refractivity contribution in [1.82, 2.24) is 25.4 Å². The van der Waals surface area contributed by atoms with Crippen molar-refractivity contribution >= 4 is 45.9 Å². The van der Waals surface area contributed by atoms with Crippen molar-refractivity contribution in [3.63, 3.8) is 0 Å². The van der Waals surface area contributed by atoms with Crippen LogP contribution in [0.2, 0.25) is 0 Å². The van der Waals surface area contributed by atoms with Crippen LogP contribution in [-0.2, 0) is 19.5 Å². The number of hydrogen-bond acceptors (Lipinski definition) is 4. The fourth-order valence-corrected chi connectivity index (χ4v) is 3.65. The Morgan fingerprint density at radius 2 is 2.21 bits per heavy atom. The summed E-state index contributed by atoms with van der Waals surface area (Å²) < 4.78 is 8.51. The molecule has 1 aliphatic rings. The van der Waals surface area contributed by atoms with Crippen LogP contribution in [-0.4, -0.2) is 40.4 Å². The van der Waals surface area contributed by atoms with Crippen molar-refractivity contribution in [1.29, 1.82) is 0 Å². The van der Waals surface area contributed by atoms with Gasteiger partial charge in [-0.15, -0.1) is 24.0 Å². The van der Waals surface area contributed by atoms with Crippen molar-refractivity contribution < 1.29 is 4.74 Å². The smallest absolute Gasteiger partial charge is 0.191 e. The van der Waals surface area contributed by atoms with E-state index in [0.29, 0.717) is 12.5 Å². The van der Waals surface area contributed by atoms with Crippen molar-refractivity contribution in [2.75, 3.05) is 13.7 Å². The minimum atomic E-state index is 0. The number of aryl methyl sites for hydroxylation is 1. The molecular weight excluding hydrogens is 547 g/mol. The van der Waals surface area contributed by atoms with E-state index in [1.807, 2.05) is 22.9 Å². The molecule has 0 fully saturated rings. The number of nitrogens with one attached hydrogen (secondary N) is 2. The number of hydrogen-bond donors (Lipinski definition) is 2. The third-order valence-corrected chi connectivity index (χ3v) is 5.22. The number of aliphatic imine (C=N–C) groups is 1. The van der Waals surface area contributed by atoms with Crippen molar-refractivity contribution in [2.45, 2.75) is 58.7 Å². The van der Waals surface area contributed by atoms with Crippen LogP contribution >= 0.6 is 39.9 Å². The van der Waals surface area contributed by atoms with Crippen LogP contribution in [0.4, 0.5) is 0 Å². The number of halogens is 2. The molecule has 160 valence electrons. The SMILES string of the molecule is CCNC(=NCc1cc(Br)ccc1OC)NC1CCc2nc(C(C)C)nn2C1.I. The minimum Gasteiger partial charge on any atom is -0.496 e. The molecule has 1 unspecified atom stereocenters. The Hall–Kier alpha value is -1.36. The predicted octanol–water partition coefficient (Wildman–Crippen LogP) is 3.86. The highest BCUT2D eigenvalue weighted by Crippen LogP contribution is 2.23. The molecule has 1 aromatic heterocycles. The largest absolute Gasteiger partial charge is 0.496 e. The highest BCUT2D eigenvalue weighted by atomic mass is 127. The molecule has 2 N–H and O–H groups in total. The number of aromatic nitrogens is 3. The third-order valence-electron chi connectivity index (χ3n) is 4.73. The lowest BCUT2D eigenvalue weighted by molar-refractivity contribution is 0.391. The van der Waals surface area contributed by atoms with Gasteiger partial charge < -0.3 is 15.4 Å². The fraction of sp³-hybridized carbons (Fsp3) is 0.550. The van der Waals surface area contributed by atoms with Crippen LogP contribution < -0.4 is 15.4 Å². The highest BCUT2D eigenvalue weighted by molar-refractivity contribution is 14.0. The van der Waals surface area contributed by atoms with Crippen LogP contribution in [0.1, 0.15) is 50.3 Å². The van der Waals surface area contributed by atoms with E-state index in [0.717, 1.165) is 59.3 Å². The molecular formula is C20H30BrIN6O. The zero-order valence-corrected chi connectivity index (χ0v) is 21.3. The molecule has 7 nitrogen and oxygen atoms in total. The summed E-state index contributed by atoms with van der Waals surface area (Å²) in [6.45, 7) is 8.48. The molecule has 0 amide bonds. The van der Waals surface area contributed by atoms with E-state index in [1.165, 1.54) is 0 Å². The first-order valence-electron chi connectivity index (χ1n) is 9.81. The fourth-order valence-electron chi connectivity index (χ4n) is 3.24. The highest BCUT2D eigenvalue weighted by Gasteiger charge is 2.23. The van der Waals surface area contributed by atoms with Gasteiger partial charge in [0.1, 0.15) is 11.6 Å². The first kappa shape index (κ1) is 23.9. The van der Waals surface area contributed by atoms with Gasteiger partial charge in [0.05, 0.1) is 20.2 Å². The van der Waals surface area contributed by atoms with Gasteiger partial charge in [0.15, 0.2) is 11.8 Å². The van der Waals surface area contributed by atoms with Crippen LogP contribution in [0.5, 0.6) is 5.75 Å². The Bertz CT molecular complexity index is 838. The number of fused-ring (bicyclic) bond motifs is 1. The van der Waals surface area contributed by atoms with E-state index in [2.05, 4.69) is 57.4 Å². The second-order valence-corrected chi connectivity index (χ2v) is 8.17. The molecule has 0 radical (unpaired) electrons. The molecule has 2 heterocycles. The predicted molar refractivity (Wildman–Crippen MR) is 130 cm³/mol. The molecule has 1 aromatic carbocycles. The number of rotatable bonds is 6. The van der Waals surface area contributed by atoms with Crippen molar-refractivity contribution in [3.05, 3.63) is 39.9 Å². The van der Waals surface area contributed by atoms with Gasteiger partial charge in [-0.25, -0.2) is 14.7 Å². The second kappa shape index (κ2) is 11.1. The number of ether oxygens (including phenoxy) is 1. The molecule has 9 heteroatoms. The van der Waals surface area contributed by atoms with Gasteiger partial charge in [-0.05, 0) is 31.5 Å². The molecule has 0 aliphatic carbocycles. The quantitative estimate of drug-likeness (QED) is 0.310. The lowest BCUT2D eigenvalue weighted by atomic mass is 10.1. The standard InChI is InChI=1S/C20H29BrN6O.HI/c1-5-22-20(23-11-14-10-15(21)6-8-17(14)28-4)24-16-7-9-18-25-19(13(2)3)26-27(18)12-16;/h6,8,10,13,16H,5,7,9,11-12H2,1-4H3,(H2,22,23,24);1H. The maximum absolute atomic E-state index is 5.45. The summed E-state index contributed by atoms with van der Waals surface area (Å²) in [4.78, 5) is 9.43. The van der Waals surface area contributed by atoms with Gasteiger partial charge in [-0.1, -0.05) is 29.8 Å². The number of methoxy groups -OCH3 is 1. The lowest BCUT2D eigenvalue weighted by Gasteiger charge is -2.25. The topological polar surface area (TPSA) is 76.4 Å². The minimum absolute atomic E-state index is 0. The number of nitrogens with zero attached hydrogens (tertiary/aromatic N) is 4. The Balaban J connectivity index is 0.00000300. The molecule has 0 saturated carbocycles. The lowest BCUT2D eigenvalue weighted by Crippen LogP contribution is -2.47. The molecule has 0 saturated heterocycles. The molecule has 3 rings (SSSR count). The second-order valence-electron chi connectivity index (χ2n) is 7.25. The number of benzene rings is 1. The van der Waals surface area contributed by atoms with Gasteiger partial charge in [-0.3, -0.25) is 0 Å². The number of guanidine groups is 1. The maximum atomic E-state index is 5.45.